The molecule has 1 rings (SSSR count). The molecule has 0 fully saturated rings. The lowest BCUT2D eigenvalue weighted by molar-refractivity contribution is -0.145. The molecule has 0 aliphatic carbocycles. The molecule has 21 heavy (non-hydrogen) atoms. The minimum absolute atomic E-state index is 0.310. The van der Waals surface area contributed by atoms with Gasteiger partial charge in [0.15, 0.2) is 11.6 Å². The predicted molar refractivity (Wildman–Crippen MR) is 62.1 cm³/mol. The summed E-state index contributed by atoms with van der Waals surface area (Å²) in [4.78, 5) is 32.5. The van der Waals surface area contributed by atoms with Crippen LogP contribution < -0.4 is 10.6 Å². The van der Waals surface area contributed by atoms with Crippen molar-refractivity contribution in [3.63, 3.8) is 0 Å². The number of halogens is 3. The van der Waals surface area contributed by atoms with Gasteiger partial charge in [-0.25, -0.2) is 22.8 Å². The number of hydrogen-bond acceptors (Lipinski definition) is 3. The van der Waals surface area contributed by atoms with Gasteiger partial charge in [-0.15, -0.1) is 0 Å². The molecule has 10 heteroatoms. The van der Waals surface area contributed by atoms with Gasteiger partial charge in [0, 0.05) is 12.1 Å². The van der Waals surface area contributed by atoms with E-state index < -0.39 is 53.6 Å². The highest BCUT2D eigenvalue weighted by atomic mass is 19.1. The average Bonchev–Trinajstić information content (AvgIpc) is 2.32. The molecule has 0 saturated heterocycles. The van der Waals surface area contributed by atoms with Crippen molar-refractivity contribution >= 4 is 23.7 Å². The Hall–Kier alpha value is -2.78. The van der Waals surface area contributed by atoms with Crippen LogP contribution in [0.5, 0.6) is 0 Å². The molecular formula is C11H9F3N2O5. The smallest absolute Gasteiger partial charge is 0.326 e. The van der Waals surface area contributed by atoms with E-state index in [9.17, 15) is 27.6 Å². The van der Waals surface area contributed by atoms with Crippen LogP contribution in [-0.2, 0) is 9.59 Å². The van der Waals surface area contributed by atoms with E-state index in [-0.39, 0.29) is 0 Å². The number of carbonyl (C=O) groups excluding carboxylic acids is 1. The summed E-state index contributed by atoms with van der Waals surface area (Å²) in [6.45, 7) is 0. The molecular weight excluding hydrogens is 297 g/mol. The van der Waals surface area contributed by atoms with Crippen molar-refractivity contribution in [1.82, 2.24) is 5.32 Å². The Bertz CT molecular complexity index is 570. The summed E-state index contributed by atoms with van der Waals surface area (Å²) in [7, 11) is 0. The fraction of sp³-hybridized carbons (Fsp3) is 0.182. The third-order valence-electron chi connectivity index (χ3n) is 2.23. The second kappa shape index (κ2) is 6.59. The first kappa shape index (κ1) is 16.3. The quantitative estimate of drug-likeness (QED) is 0.651. The molecule has 0 saturated carbocycles. The third-order valence-corrected chi connectivity index (χ3v) is 2.23. The number of anilines is 1. The Morgan fingerprint density at radius 3 is 2.05 bits per heavy atom. The second-order valence-electron chi connectivity index (χ2n) is 3.83. The first-order valence-corrected chi connectivity index (χ1v) is 5.37. The molecule has 0 bridgehead atoms. The molecule has 0 aliphatic rings. The van der Waals surface area contributed by atoms with E-state index in [1.54, 1.807) is 10.6 Å². The molecule has 1 unspecified atom stereocenters. The minimum Gasteiger partial charge on any atom is -0.481 e. The standard InChI is InChI=1S/C11H9F3N2O5/c12-4-1-5(13)9(6(14)2-4)16-11(21)15-7(10(19)20)3-8(17)18/h1-2,7H,3H2,(H,17,18)(H,19,20)(H2,15,16,21). The van der Waals surface area contributed by atoms with Gasteiger partial charge in [-0.05, 0) is 0 Å². The predicted octanol–water partition coefficient (Wildman–Crippen LogP) is 1.15. The van der Waals surface area contributed by atoms with E-state index in [4.69, 9.17) is 10.2 Å². The van der Waals surface area contributed by atoms with Crippen molar-refractivity contribution in [1.29, 1.82) is 0 Å². The Kier molecular flexibility index (Phi) is 5.11. The first-order chi connectivity index (χ1) is 9.70. The number of carboxylic acids is 2. The molecule has 0 spiro atoms. The van der Waals surface area contributed by atoms with Crippen LogP contribution in [0.25, 0.3) is 0 Å². The number of nitrogens with one attached hydrogen (secondary N) is 2. The van der Waals surface area contributed by atoms with Gasteiger partial charge < -0.3 is 20.8 Å². The van der Waals surface area contributed by atoms with E-state index in [2.05, 4.69) is 0 Å². The van der Waals surface area contributed by atoms with Gasteiger partial charge in [0.2, 0.25) is 0 Å². The summed E-state index contributed by atoms with van der Waals surface area (Å²) in [5.74, 6) is -7.17. The maximum absolute atomic E-state index is 13.2. The molecule has 7 nitrogen and oxygen atoms in total. The average molecular weight is 306 g/mol. The minimum atomic E-state index is -1.80. The summed E-state index contributed by atoms with van der Waals surface area (Å²) >= 11 is 0. The number of amides is 2. The Morgan fingerprint density at radius 2 is 1.62 bits per heavy atom. The highest BCUT2D eigenvalue weighted by Gasteiger charge is 2.24. The number of carboxylic acid groups (broad SMARTS) is 2. The zero-order chi connectivity index (χ0) is 16.2. The second-order valence-corrected chi connectivity index (χ2v) is 3.83. The summed E-state index contributed by atoms with van der Waals surface area (Å²) in [5, 5.41) is 20.5. The van der Waals surface area contributed by atoms with Crippen LogP contribution in [0.1, 0.15) is 6.42 Å². The number of benzene rings is 1. The van der Waals surface area contributed by atoms with Crippen LogP contribution in [0.4, 0.5) is 23.7 Å². The third kappa shape index (κ3) is 4.67. The van der Waals surface area contributed by atoms with Gasteiger partial charge in [-0.3, -0.25) is 4.79 Å². The van der Waals surface area contributed by atoms with Gasteiger partial charge in [-0.1, -0.05) is 0 Å². The molecule has 0 radical (unpaired) electrons. The first-order valence-electron chi connectivity index (χ1n) is 5.37. The Balaban J connectivity index is 2.82. The van der Waals surface area contributed by atoms with Crippen molar-refractivity contribution < 1.29 is 37.8 Å². The van der Waals surface area contributed by atoms with Crippen LogP contribution >= 0.6 is 0 Å². The molecule has 1 aromatic carbocycles. The molecule has 2 amide bonds. The topological polar surface area (TPSA) is 116 Å². The van der Waals surface area contributed by atoms with E-state index in [0.29, 0.717) is 12.1 Å². The van der Waals surface area contributed by atoms with Crippen molar-refractivity contribution in [2.24, 2.45) is 0 Å². The summed E-state index contributed by atoms with van der Waals surface area (Å²) in [5.41, 5.74) is -0.992. The molecule has 4 N–H and O–H groups in total. The molecule has 0 aliphatic heterocycles. The zero-order valence-electron chi connectivity index (χ0n) is 10.2. The van der Waals surface area contributed by atoms with E-state index in [0.717, 1.165) is 0 Å². The lowest BCUT2D eigenvalue weighted by Crippen LogP contribution is -2.44. The van der Waals surface area contributed by atoms with Crippen molar-refractivity contribution in [2.75, 3.05) is 5.32 Å². The summed E-state index contributed by atoms with van der Waals surface area (Å²) in [6, 6.07) is -2.53. The van der Waals surface area contributed by atoms with E-state index in [1.807, 2.05) is 0 Å². The highest BCUT2D eigenvalue weighted by Crippen LogP contribution is 2.19. The fourth-order valence-electron chi connectivity index (χ4n) is 1.34. The van der Waals surface area contributed by atoms with Crippen LogP contribution in [0.2, 0.25) is 0 Å². The number of rotatable bonds is 5. The Morgan fingerprint density at radius 1 is 1.10 bits per heavy atom. The van der Waals surface area contributed by atoms with Crippen LogP contribution in [0, 0.1) is 17.5 Å². The maximum Gasteiger partial charge on any atom is 0.326 e. The number of carbonyl (C=O) groups is 3. The van der Waals surface area contributed by atoms with Crippen molar-refractivity contribution in [2.45, 2.75) is 12.5 Å². The zero-order valence-corrected chi connectivity index (χ0v) is 10.2. The largest absolute Gasteiger partial charge is 0.481 e. The van der Waals surface area contributed by atoms with Crippen molar-refractivity contribution in [3.05, 3.63) is 29.6 Å². The normalized spacial score (nSPS) is 11.6. The SMILES string of the molecule is O=C(O)CC(NC(=O)Nc1c(F)cc(F)cc1F)C(=O)O. The highest BCUT2D eigenvalue weighted by molar-refractivity contribution is 5.93. The van der Waals surface area contributed by atoms with E-state index >= 15 is 0 Å². The molecule has 114 valence electrons. The van der Waals surface area contributed by atoms with Gasteiger partial charge >= 0.3 is 18.0 Å². The number of hydrogen-bond donors (Lipinski definition) is 4. The lowest BCUT2D eigenvalue weighted by Gasteiger charge is -2.14. The maximum atomic E-state index is 13.2. The van der Waals surface area contributed by atoms with Gasteiger partial charge in [0.1, 0.15) is 17.5 Å². The molecule has 1 aromatic rings. The van der Waals surface area contributed by atoms with Crippen LogP contribution in [-0.4, -0.2) is 34.2 Å². The number of aliphatic carboxylic acids is 2. The van der Waals surface area contributed by atoms with E-state index in [1.165, 1.54) is 0 Å². The monoisotopic (exact) mass is 306 g/mol. The Labute approximate surface area is 115 Å². The van der Waals surface area contributed by atoms with Gasteiger partial charge in [0.05, 0.1) is 6.42 Å². The van der Waals surface area contributed by atoms with Crippen LogP contribution in [0.3, 0.4) is 0 Å². The lowest BCUT2D eigenvalue weighted by atomic mass is 10.2. The van der Waals surface area contributed by atoms with Crippen molar-refractivity contribution in [3.8, 4) is 0 Å². The summed E-state index contributed by atoms with van der Waals surface area (Å²) < 4.78 is 39.1. The number of urea groups is 1. The summed E-state index contributed by atoms with van der Waals surface area (Å²) in [6.07, 6.45) is -0.933. The fourth-order valence-corrected chi connectivity index (χ4v) is 1.34. The molecule has 1 atom stereocenters. The van der Waals surface area contributed by atoms with Gasteiger partial charge in [0.25, 0.3) is 0 Å². The van der Waals surface area contributed by atoms with Crippen LogP contribution in [0.15, 0.2) is 12.1 Å². The molecule has 0 aromatic heterocycles. The molecule has 0 heterocycles. The van der Waals surface area contributed by atoms with Gasteiger partial charge in [-0.2, -0.15) is 0 Å².